The van der Waals surface area contributed by atoms with Crippen molar-refractivity contribution >= 4 is 17.4 Å². The molecule has 1 aliphatic heterocycles. The zero-order valence-electron chi connectivity index (χ0n) is 19.4. The smallest absolute Gasteiger partial charge is 0.435 e. The number of ether oxygens (including phenoxy) is 2. The summed E-state index contributed by atoms with van der Waals surface area (Å²) in [7, 11) is 1.19. The third-order valence-electron chi connectivity index (χ3n) is 5.30. The van der Waals surface area contributed by atoms with Gasteiger partial charge >= 0.3 is 12.4 Å². The summed E-state index contributed by atoms with van der Waals surface area (Å²) in [6.45, 7) is 1.06. The first-order valence-electron chi connectivity index (χ1n) is 10.9. The Bertz CT molecular complexity index is 1130. The predicted octanol–water partition coefficient (Wildman–Crippen LogP) is 1.77. The lowest BCUT2D eigenvalue weighted by molar-refractivity contribution is -0.141. The minimum absolute atomic E-state index is 0.0126. The fourth-order valence-electron chi connectivity index (χ4n) is 3.52. The van der Waals surface area contributed by atoms with E-state index in [2.05, 4.69) is 20.4 Å². The molecule has 2 N–H and O–H groups in total. The summed E-state index contributed by atoms with van der Waals surface area (Å²) in [5, 5.41) is 7.51. The number of aromatic amines is 1. The van der Waals surface area contributed by atoms with Crippen molar-refractivity contribution in [2.24, 2.45) is 0 Å². The highest BCUT2D eigenvalue weighted by Crippen LogP contribution is 2.32. The summed E-state index contributed by atoms with van der Waals surface area (Å²) in [5.41, 5.74) is -4.42. The van der Waals surface area contributed by atoms with Gasteiger partial charge in [-0.15, -0.1) is 0 Å². The molecular weight excluding hydrogens is 516 g/mol. The summed E-state index contributed by atoms with van der Waals surface area (Å²) in [5.74, 6) is -0.353. The molecule has 0 aliphatic carbocycles. The largest absolute Gasteiger partial charge is 0.478 e. The van der Waals surface area contributed by atoms with Gasteiger partial charge in [0.1, 0.15) is 5.56 Å². The molecule has 0 bridgehead atoms. The molecule has 1 saturated heterocycles. The molecule has 11 nitrogen and oxygen atoms in total. The molecule has 3 rings (SSSR count). The standard InChI is InChI=1S/C20H23F6N7O4/c1-36-18-16(28-11-13(30-18)19(21,22)23)33-6-4-32(5-7-33)14(34)2-8-37-9-3-27-12-10-29-31-17(35)15(12)20(24,25)26/h10-11H,2-9H2,1H3,(H2,27,31,35). The Hall–Kier alpha value is -3.63. The van der Waals surface area contributed by atoms with Gasteiger partial charge in [-0.2, -0.15) is 31.4 Å². The Labute approximate surface area is 205 Å². The molecule has 0 unspecified atom stereocenters. The number of amides is 1. The van der Waals surface area contributed by atoms with Crippen molar-refractivity contribution in [1.29, 1.82) is 0 Å². The maximum atomic E-state index is 13.0. The molecule has 0 atom stereocenters. The first-order valence-corrected chi connectivity index (χ1v) is 10.9. The third kappa shape index (κ3) is 7.21. The Balaban J connectivity index is 1.41. The van der Waals surface area contributed by atoms with Gasteiger partial charge in [0.05, 0.1) is 44.8 Å². The highest BCUT2D eigenvalue weighted by Gasteiger charge is 2.37. The van der Waals surface area contributed by atoms with Gasteiger partial charge < -0.3 is 24.6 Å². The summed E-state index contributed by atoms with van der Waals surface area (Å²) in [6, 6.07) is 0. The van der Waals surface area contributed by atoms with E-state index in [9.17, 15) is 35.9 Å². The normalized spacial score (nSPS) is 14.6. The fourth-order valence-corrected chi connectivity index (χ4v) is 3.52. The zero-order chi connectivity index (χ0) is 27.2. The number of H-pyrrole nitrogens is 1. The van der Waals surface area contributed by atoms with Gasteiger partial charge in [-0.1, -0.05) is 0 Å². The second-order valence-electron chi connectivity index (χ2n) is 7.73. The van der Waals surface area contributed by atoms with Crippen molar-refractivity contribution in [2.75, 3.05) is 63.3 Å². The maximum absolute atomic E-state index is 13.0. The van der Waals surface area contributed by atoms with E-state index in [1.54, 1.807) is 14.9 Å². The van der Waals surface area contributed by atoms with E-state index in [-0.39, 0.29) is 56.9 Å². The predicted molar refractivity (Wildman–Crippen MR) is 116 cm³/mol. The average molecular weight is 539 g/mol. The molecule has 0 radical (unpaired) electrons. The van der Waals surface area contributed by atoms with E-state index >= 15 is 0 Å². The summed E-state index contributed by atoms with van der Waals surface area (Å²) in [4.78, 5) is 34.4. The van der Waals surface area contributed by atoms with Gasteiger partial charge in [-0.05, 0) is 0 Å². The van der Waals surface area contributed by atoms with E-state index in [4.69, 9.17) is 9.47 Å². The van der Waals surface area contributed by atoms with Crippen LogP contribution in [-0.4, -0.2) is 84.0 Å². The van der Waals surface area contributed by atoms with Crippen LogP contribution in [0.2, 0.25) is 0 Å². The Kier molecular flexibility index (Phi) is 8.77. The van der Waals surface area contributed by atoms with Crippen LogP contribution in [-0.2, 0) is 21.9 Å². The number of methoxy groups -OCH3 is 1. The minimum atomic E-state index is -4.86. The highest BCUT2D eigenvalue weighted by molar-refractivity contribution is 5.76. The second kappa shape index (κ2) is 11.6. The van der Waals surface area contributed by atoms with Crippen molar-refractivity contribution in [2.45, 2.75) is 18.8 Å². The van der Waals surface area contributed by atoms with Crippen molar-refractivity contribution < 1.29 is 40.6 Å². The Morgan fingerprint density at radius 1 is 1.08 bits per heavy atom. The number of aromatic nitrogens is 4. The summed E-state index contributed by atoms with van der Waals surface area (Å²) in [6.07, 6.45) is -8.03. The number of hydrogen-bond donors (Lipinski definition) is 2. The lowest BCUT2D eigenvalue weighted by Gasteiger charge is -2.35. The van der Waals surface area contributed by atoms with Crippen LogP contribution in [0.15, 0.2) is 17.2 Å². The number of anilines is 2. The Morgan fingerprint density at radius 3 is 2.41 bits per heavy atom. The molecule has 1 aliphatic rings. The lowest BCUT2D eigenvalue weighted by Crippen LogP contribution is -2.49. The van der Waals surface area contributed by atoms with Gasteiger partial charge in [0, 0.05) is 32.7 Å². The molecule has 17 heteroatoms. The molecule has 37 heavy (non-hydrogen) atoms. The molecule has 204 valence electrons. The first-order chi connectivity index (χ1) is 17.4. The molecule has 0 aromatic carbocycles. The van der Waals surface area contributed by atoms with Gasteiger partial charge in [0.2, 0.25) is 5.91 Å². The number of piperazine rings is 1. The van der Waals surface area contributed by atoms with E-state index in [1.165, 1.54) is 7.11 Å². The molecule has 0 spiro atoms. The topological polar surface area (TPSA) is 126 Å². The van der Waals surface area contributed by atoms with Crippen LogP contribution in [0, 0.1) is 0 Å². The average Bonchev–Trinajstić information content (AvgIpc) is 2.84. The van der Waals surface area contributed by atoms with Gasteiger partial charge in [-0.3, -0.25) is 9.59 Å². The number of hydrogen-bond acceptors (Lipinski definition) is 9. The third-order valence-corrected chi connectivity index (χ3v) is 5.30. The number of alkyl halides is 6. The van der Waals surface area contributed by atoms with Crippen LogP contribution in [0.1, 0.15) is 17.7 Å². The number of nitrogens with one attached hydrogen (secondary N) is 2. The minimum Gasteiger partial charge on any atom is -0.478 e. The van der Waals surface area contributed by atoms with Crippen LogP contribution in [0.3, 0.4) is 0 Å². The van der Waals surface area contributed by atoms with Crippen molar-refractivity contribution in [3.05, 3.63) is 34.0 Å². The zero-order valence-corrected chi connectivity index (χ0v) is 19.4. The number of halogens is 6. The van der Waals surface area contributed by atoms with Crippen molar-refractivity contribution in [3.8, 4) is 5.88 Å². The van der Waals surface area contributed by atoms with Gasteiger partial charge in [0.15, 0.2) is 11.5 Å². The van der Waals surface area contributed by atoms with E-state index < -0.39 is 34.9 Å². The molecule has 2 aromatic heterocycles. The number of rotatable bonds is 9. The van der Waals surface area contributed by atoms with E-state index in [1.807, 2.05) is 0 Å². The molecular formula is C20H23F6N7O4. The SMILES string of the molecule is COc1nc(C(F)(F)F)cnc1N1CCN(C(=O)CCOCCNc2cn[nH]c(=O)c2C(F)(F)F)CC1. The number of carbonyl (C=O) groups excluding carboxylic acids is 1. The maximum Gasteiger partial charge on any atom is 0.435 e. The van der Waals surface area contributed by atoms with Crippen LogP contribution >= 0.6 is 0 Å². The van der Waals surface area contributed by atoms with Crippen molar-refractivity contribution in [3.63, 3.8) is 0 Å². The monoisotopic (exact) mass is 539 g/mol. The van der Waals surface area contributed by atoms with Crippen LogP contribution < -0.4 is 20.5 Å². The summed E-state index contributed by atoms with van der Waals surface area (Å²) >= 11 is 0. The fraction of sp³-hybridized carbons (Fsp3) is 0.550. The highest BCUT2D eigenvalue weighted by atomic mass is 19.4. The van der Waals surface area contributed by atoms with Crippen molar-refractivity contribution in [1.82, 2.24) is 25.1 Å². The lowest BCUT2D eigenvalue weighted by atomic mass is 10.2. The molecule has 1 amide bonds. The second-order valence-corrected chi connectivity index (χ2v) is 7.73. The quantitative estimate of drug-likeness (QED) is 0.362. The van der Waals surface area contributed by atoms with E-state index in [0.717, 1.165) is 6.20 Å². The van der Waals surface area contributed by atoms with Gasteiger partial charge in [-0.25, -0.2) is 15.1 Å². The molecule has 3 heterocycles. The first kappa shape index (κ1) is 27.9. The van der Waals surface area contributed by atoms with Crippen LogP contribution in [0.25, 0.3) is 0 Å². The molecule has 0 saturated carbocycles. The summed E-state index contributed by atoms with van der Waals surface area (Å²) < 4.78 is 87.8. The van der Waals surface area contributed by atoms with E-state index in [0.29, 0.717) is 19.3 Å². The van der Waals surface area contributed by atoms with Gasteiger partial charge in [0.25, 0.3) is 11.4 Å². The number of nitrogens with zero attached hydrogens (tertiary/aromatic N) is 5. The Morgan fingerprint density at radius 2 is 1.78 bits per heavy atom. The van der Waals surface area contributed by atoms with Crippen LogP contribution in [0.5, 0.6) is 5.88 Å². The number of carbonyl (C=O) groups is 1. The van der Waals surface area contributed by atoms with Crippen LogP contribution in [0.4, 0.5) is 37.8 Å². The molecule has 2 aromatic rings. The molecule has 1 fully saturated rings.